The summed E-state index contributed by atoms with van der Waals surface area (Å²) in [6.45, 7) is 4.21. The molecule has 0 spiro atoms. The Morgan fingerprint density at radius 1 is 1.05 bits per heavy atom. The minimum Gasteiger partial charge on any atom is -0.307 e. The fourth-order valence-electron chi connectivity index (χ4n) is 3.04. The minimum atomic E-state index is -0.781. The Kier molecular flexibility index (Phi) is 4.92. The van der Waals surface area contributed by atoms with Gasteiger partial charge in [-0.05, 0) is 50.3 Å². The van der Waals surface area contributed by atoms with Crippen LogP contribution in [0.2, 0.25) is 0 Å². The van der Waals surface area contributed by atoms with Gasteiger partial charge in [-0.25, -0.2) is 8.78 Å². The highest BCUT2D eigenvalue weighted by Gasteiger charge is 2.21. The van der Waals surface area contributed by atoms with Crippen molar-refractivity contribution in [3.8, 4) is 0 Å². The van der Waals surface area contributed by atoms with Crippen molar-refractivity contribution in [3.05, 3.63) is 35.4 Å². The second kappa shape index (κ2) is 6.47. The zero-order chi connectivity index (χ0) is 13.8. The Bertz CT molecular complexity index is 413. The highest BCUT2D eigenvalue weighted by molar-refractivity contribution is 5.20. The van der Waals surface area contributed by atoms with E-state index in [2.05, 4.69) is 12.2 Å². The third-order valence-electron chi connectivity index (χ3n) is 4.31. The highest BCUT2D eigenvalue weighted by atomic mass is 19.2. The summed E-state index contributed by atoms with van der Waals surface area (Å²) in [5, 5.41) is 3.52. The quantitative estimate of drug-likeness (QED) is 0.841. The molecular weight excluding hydrogens is 244 g/mol. The predicted octanol–water partition coefficient (Wildman–Crippen LogP) is 4.58. The molecule has 0 radical (unpaired) electrons. The molecule has 1 fully saturated rings. The molecule has 0 aliphatic heterocycles. The van der Waals surface area contributed by atoms with Crippen LogP contribution in [0.4, 0.5) is 8.78 Å². The average molecular weight is 267 g/mol. The Morgan fingerprint density at radius 3 is 2.37 bits per heavy atom. The number of hydrogen-bond acceptors (Lipinski definition) is 1. The van der Waals surface area contributed by atoms with Gasteiger partial charge in [0.15, 0.2) is 11.6 Å². The van der Waals surface area contributed by atoms with Crippen molar-refractivity contribution >= 4 is 0 Å². The van der Waals surface area contributed by atoms with E-state index in [0.717, 1.165) is 5.56 Å². The topological polar surface area (TPSA) is 12.0 Å². The molecule has 106 valence electrons. The van der Waals surface area contributed by atoms with Gasteiger partial charge in [0, 0.05) is 12.1 Å². The van der Waals surface area contributed by atoms with Crippen molar-refractivity contribution in [2.45, 2.75) is 58.0 Å². The minimum absolute atomic E-state index is 0.0482. The van der Waals surface area contributed by atoms with Crippen molar-refractivity contribution in [1.82, 2.24) is 5.32 Å². The van der Waals surface area contributed by atoms with E-state index in [1.54, 1.807) is 6.07 Å². The van der Waals surface area contributed by atoms with Gasteiger partial charge >= 0.3 is 0 Å². The van der Waals surface area contributed by atoms with Crippen LogP contribution in [0.3, 0.4) is 0 Å². The summed E-state index contributed by atoms with van der Waals surface area (Å²) in [4.78, 5) is 0. The van der Waals surface area contributed by atoms with Gasteiger partial charge < -0.3 is 5.32 Å². The number of nitrogens with one attached hydrogen (secondary N) is 1. The molecule has 1 aliphatic carbocycles. The lowest BCUT2D eigenvalue weighted by Crippen LogP contribution is -2.36. The van der Waals surface area contributed by atoms with Gasteiger partial charge in [0.25, 0.3) is 0 Å². The Balaban J connectivity index is 1.95. The van der Waals surface area contributed by atoms with Crippen LogP contribution in [-0.2, 0) is 0 Å². The molecule has 1 nitrogen and oxygen atoms in total. The summed E-state index contributed by atoms with van der Waals surface area (Å²) >= 11 is 0. The molecule has 0 amide bonds. The number of hydrogen-bond donors (Lipinski definition) is 1. The van der Waals surface area contributed by atoms with Crippen LogP contribution in [-0.4, -0.2) is 6.04 Å². The standard InChI is InChI=1S/C16H23F2N/c1-11(13-6-4-3-5-7-13)19-12(2)14-8-9-15(17)16(18)10-14/h8-13,19H,3-7H2,1-2H3/t11-,12?/m1/s1. The van der Waals surface area contributed by atoms with Crippen molar-refractivity contribution < 1.29 is 8.78 Å². The Morgan fingerprint density at radius 2 is 1.74 bits per heavy atom. The number of benzene rings is 1. The van der Waals surface area contributed by atoms with Gasteiger partial charge in [-0.15, -0.1) is 0 Å². The third-order valence-corrected chi connectivity index (χ3v) is 4.31. The van der Waals surface area contributed by atoms with Gasteiger partial charge in [0.05, 0.1) is 0 Å². The van der Waals surface area contributed by atoms with E-state index in [1.165, 1.54) is 44.2 Å². The average Bonchev–Trinajstić information content (AvgIpc) is 2.42. The fourth-order valence-corrected chi connectivity index (χ4v) is 3.04. The lowest BCUT2D eigenvalue weighted by molar-refractivity contribution is 0.268. The first-order valence-corrected chi connectivity index (χ1v) is 7.29. The monoisotopic (exact) mass is 267 g/mol. The van der Waals surface area contributed by atoms with Gasteiger partial charge in [0.2, 0.25) is 0 Å². The fraction of sp³-hybridized carbons (Fsp3) is 0.625. The van der Waals surface area contributed by atoms with Gasteiger partial charge in [-0.1, -0.05) is 25.3 Å². The van der Waals surface area contributed by atoms with Crippen LogP contribution in [0.25, 0.3) is 0 Å². The highest BCUT2D eigenvalue weighted by Crippen LogP contribution is 2.27. The van der Waals surface area contributed by atoms with E-state index in [-0.39, 0.29) is 6.04 Å². The smallest absolute Gasteiger partial charge is 0.159 e. The molecule has 3 heteroatoms. The molecule has 1 unspecified atom stereocenters. The molecular formula is C16H23F2N. The van der Waals surface area contributed by atoms with Crippen LogP contribution in [0.15, 0.2) is 18.2 Å². The summed E-state index contributed by atoms with van der Waals surface area (Å²) in [7, 11) is 0. The summed E-state index contributed by atoms with van der Waals surface area (Å²) in [6, 6.07) is 4.62. The van der Waals surface area contributed by atoms with Gasteiger partial charge in [0.1, 0.15) is 0 Å². The first-order chi connectivity index (χ1) is 9.08. The van der Waals surface area contributed by atoms with E-state index in [0.29, 0.717) is 12.0 Å². The second-order valence-corrected chi connectivity index (χ2v) is 5.75. The Labute approximate surface area is 114 Å². The maximum Gasteiger partial charge on any atom is 0.159 e. The summed E-state index contributed by atoms with van der Waals surface area (Å²) < 4.78 is 26.1. The van der Waals surface area contributed by atoms with Crippen molar-refractivity contribution in [3.63, 3.8) is 0 Å². The van der Waals surface area contributed by atoms with Crippen molar-refractivity contribution in [2.75, 3.05) is 0 Å². The molecule has 1 saturated carbocycles. The number of rotatable bonds is 4. The zero-order valence-electron chi connectivity index (χ0n) is 11.8. The largest absolute Gasteiger partial charge is 0.307 e. The molecule has 0 aromatic heterocycles. The van der Waals surface area contributed by atoms with E-state index in [4.69, 9.17) is 0 Å². The molecule has 0 heterocycles. The molecule has 2 rings (SSSR count). The van der Waals surface area contributed by atoms with Crippen molar-refractivity contribution in [1.29, 1.82) is 0 Å². The lowest BCUT2D eigenvalue weighted by atomic mass is 9.84. The van der Waals surface area contributed by atoms with Gasteiger partial charge in [-0.3, -0.25) is 0 Å². The first-order valence-electron chi connectivity index (χ1n) is 7.29. The van der Waals surface area contributed by atoms with Crippen LogP contribution < -0.4 is 5.32 Å². The lowest BCUT2D eigenvalue weighted by Gasteiger charge is -2.30. The first kappa shape index (κ1) is 14.4. The van der Waals surface area contributed by atoms with Crippen molar-refractivity contribution in [2.24, 2.45) is 5.92 Å². The van der Waals surface area contributed by atoms with E-state index >= 15 is 0 Å². The normalized spacial score (nSPS) is 20.2. The summed E-state index contributed by atoms with van der Waals surface area (Å²) in [5.41, 5.74) is 0.807. The molecule has 1 aromatic rings. The molecule has 0 saturated heterocycles. The van der Waals surface area contributed by atoms with Crippen LogP contribution in [0.5, 0.6) is 0 Å². The van der Waals surface area contributed by atoms with Crippen LogP contribution in [0, 0.1) is 17.6 Å². The Hall–Kier alpha value is -0.960. The maximum absolute atomic E-state index is 13.2. The molecule has 0 bridgehead atoms. The van der Waals surface area contributed by atoms with Crippen LogP contribution >= 0.6 is 0 Å². The zero-order valence-corrected chi connectivity index (χ0v) is 11.8. The van der Waals surface area contributed by atoms with Crippen LogP contribution in [0.1, 0.15) is 57.6 Å². The van der Waals surface area contributed by atoms with E-state index in [1.807, 2.05) is 6.92 Å². The summed E-state index contributed by atoms with van der Waals surface area (Å²) in [5.74, 6) is -0.839. The second-order valence-electron chi connectivity index (χ2n) is 5.75. The van der Waals surface area contributed by atoms with E-state index < -0.39 is 11.6 Å². The molecule has 1 aliphatic rings. The molecule has 1 N–H and O–H groups in total. The molecule has 2 atom stereocenters. The maximum atomic E-state index is 13.2. The number of halogens is 2. The molecule has 1 aromatic carbocycles. The van der Waals surface area contributed by atoms with E-state index in [9.17, 15) is 8.78 Å². The SMILES string of the molecule is CC(N[C@H](C)C1CCCCC1)c1ccc(F)c(F)c1. The molecule has 19 heavy (non-hydrogen) atoms. The van der Waals surface area contributed by atoms with Gasteiger partial charge in [-0.2, -0.15) is 0 Å². The summed E-state index contributed by atoms with van der Waals surface area (Å²) in [6.07, 6.45) is 6.53. The third kappa shape index (κ3) is 3.75. The predicted molar refractivity (Wildman–Crippen MR) is 73.9 cm³/mol.